The second-order valence-corrected chi connectivity index (χ2v) is 4.27. The summed E-state index contributed by atoms with van der Waals surface area (Å²) in [6.07, 6.45) is 4.16. The molecule has 0 unspecified atom stereocenters. The summed E-state index contributed by atoms with van der Waals surface area (Å²) < 4.78 is 5.16. The number of likely N-dealkylation sites (tertiary alicyclic amines) is 1. The third-order valence-electron chi connectivity index (χ3n) is 3.11. The van der Waals surface area contributed by atoms with Gasteiger partial charge in [-0.15, -0.1) is 0 Å². The Morgan fingerprint density at radius 2 is 2.06 bits per heavy atom. The van der Waals surface area contributed by atoms with Crippen LogP contribution in [0.3, 0.4) is 0 Å². The van der Waals surface area contributed by atoms with Crippen molar-refractivity contribution in [3.8, 4) is 0 Å². The van der Waals surface area contributed by atoms with Crippen LogP contribution >= 0.6 is 0 Å². The van der Waals surface area contributed by atoms with Crippen molar-refractivity contribution in [2.75, 3.05) is 13.1 Å². The van der Waals surface area contributed by atoms with Gasteiger partial charge in [0.2, 0.25) is 0 Å². The Labute approximate surface area is 95.6 Å². The van der Waals surface area contributed by atoms with Crippen LogP contribution in [-0.4, -0.2) is 29.1 Å². The second kappa shape index (κ2) is 4.68. The fraction of sp³-hybridized carbons (Fsp3) is 0.667. The number of hydrogen-bond acceptors (Lipinski definition) is 3. The predicted molar refractivity (Wildman–Crippen MR) is 60.4 cm³/mol. The van der Waals surface area contributed by atoms with Gasteiger partial charge < -0.3 is 9.42 Å². The molecule has 1 aliphatic rings. The lowest BCUT2D eigenvalue weighted by Crippen LogP contribution is -2.36. The lowest BCUT2D eigenvalue weighted by atomic mass is 10.1. The Morgan fingerprint density at radius 3 is 2.69 bits per heavy atom. The maximum atomic E-state index is 12.3. The monoisotopic (exact) mass is 222 g/mol. The third-order valence-corrected chi connectivity index (χ3v) is 3.11. The van der Waals surface area contributed by atoms with E-state index in [1.807, 2.05) is 18.7 Å². The van der Waals surface area contributed by atoms with E-state index >= 15 is 0 Å². The van der Waals surface area contributed by atoms with Gasteiger partial charge in [0.1, 0.15) is 11.3 Å². The maximum Gasteiger partial charge on any atom is 0.259 e. The van der Waals surface area contributed by atoms with Crippen LogP contribution in [0, 0.1) is 6.92 Å². The molecule has 0 bridgehead atoms. The van der Waals surface area contributed by atoms with Crippen LogP contribution < -0.4 is 0 Å². The van der Waals surface area contributed by atoms with E-state index in [-0.39, 0.29) is 5.91 Å². The van der Waals surface area contributed by atoms with Crippen molar-refractivity contribution in [2.24, 2.45) is 0 Å². The van der Waals surface area contributed by atoms with E-state index in [1.54, 1.807) is 0 Å². The Hall–Kier alpha value is -1.32. The van der Waals surface area contributed by atoms with E-state index < -0.39 is 0 Å². The number of carbonyl (C=O) groups excluding carboxylic acids is 1. The van der Waals surface area contributed by atoms with Gasteiger partial charge in [-0.05, 0) is 26.2 Å². The number of hydrogen-bond donors (Lipinski definition) is 0. The third kappa shape index (κ3) is 1.96. The highest BCUT2D eigenvalue weighted by atomic mass is 16.5. The van der Waals surface area contributed by atoms with Gasteiger partial charge >= 0.3 is 0 Å². The molecule has 0 aliphatic carbocycles. The molecule has 1 aliphatic heterocycles. The summed E-state index contributed by atoms with van der Waals surface area (Å²) in [5.41, 5.74) is 1.40. The normalized spacial score (nSPS) is 16.5. The van der Waals surface area contributed by atoms with Crippen LogP contribution in [-0.2, 0) is 6.42 Å². The number of piperidine rings is 1. The first-order valence-electron chi connectivity index (χ1n) is 5.98. The smallest absolute Gasteiger partial charge is 0.259 e. The molecule has 0 atom stereocenters. The molecule has 0 N–H and O–H groups in total. The molecule has 4 nitrogen and oxygen atoms in total. The number of nitrogens with zero attached hydrogens (tertiary/aromatic N) is 2. The molecule has 2 heterocycles. The zero-order valence-electron chi connectivity index (χ0n) is 9.95. The van der Waals surface area contributed by atoms with Crippen LogP contribution in [0.2, 0.25) is 0 Å². The molecule has 1 saturated heterocycles. The van der Waals surface area contributed by atoms with Gasteiger partial charge in [0.05, 0.1) is 5.69 Å². The molecule has 4 heteroatoms. The topological polar surface area (TPSA) is 46.3 Å². The maximum absolute atomic E-state index is 12.3. The molecule has 1 fully saturated rings. The quantitative estimate of drug-likeness (QED) is 0.770. The molecule has 0 spiro atoms. The molecular weight excluding hydrogens is 204 g/mol. The van der Waals surface area contributed by atoms with E-state index in [0.29, 0.717) is 17.0 Å². The summed E-state index contributed by atoms with van der Waals surface area (Å²) in [6.45, 7) is 5.55. The van der Waals surface area contributed by atoms with Crippen molar-refractivity contribution < 1.29 is 9.32 Å². The SMILES string of the molecule is CCc1onc(C)c1C(=O)N1CCCCC1. The lowest BCUT2D eigenvalue weighted by molar-refractivity contribution is 0.0721. The van der Waals surface area contributed by atoms with Crippen LogP contribution in [0.15, 0.2) is 4.52 Å². The average Bonchev–Trinajstić information content (AvgIpc) is 2.70. The molecule has 1 amide bonds. The van der Waals surface area contributed by atoms with Crippen LogP contribution in [0.1, 0.15) is 48.0 Å². The standard InChI is InChI=1S/C12H18N2O2/c1-3-10-11(9(2)13-16-10)12(15)14-7-5-4-6-8-14/h3-8H2,1-2H3. The van der Waals surface area contributed by atoms with Crippen molar-refractivity contribution in [1.82, 2.24) is 10.1 Å². The summed E-state index contributed by atoms with van der Waals surface area (Å²) in [7, 11) is 0. The molecule has 16 heavy (non-hydrogen) atoms. The van der Waals surface area contributed by atoms with Gasteiger partial charge in [0, 0.05) is 19.5 Å². The van der Waals surface area contributed by atoms with Crippen molar-refractivity contribution >= 4 is 5.91 Å². The minimum absolute atomic E-state index is 0.0929. The number of rotatable bonds is 2. The largest absolute Gasteiger partial charge is 0.360 e. The number of aryl methyl sites for hydroxylation is 2. The van der Waals surface area contributed by atoms with Crippen LogP contribution in [0.4, 0.5) is 0 Å². The van der Waals surface area contributed by atoms with E-state index in [1.165, 1.54) is 6.42 Å². The fourth-order valence-corrected chi connectivity index (χ4v) is 2.19. The summed E-state index contributed by atoms with van der Waals surface area (Å²) in [4.78, 5) is 14.2. The van der Waals surface area contributed by atoms with E-state index in [2.05, 4.69) is 5.16 Å². The molecule has 88 valence electrons. The molecule has 0 aromatic carbocycles. The fourth-order valence-electron chi connectivity index (χ4n) is 2.19. The molecular formula is C12H18N2O2. The zero-order valence-corrected chi connectivity index (χ0v) is 9.95. The van der Waals surface area contributed by atoms with Gasteiger partial charge in [0.15, 0.2) is 0 Å². The first kappa shape index (κ1) is 11.2. The number of aromatic nitrogens is 1. The number of carbonyl (C=O) groups is 1. The Kier molecular flexibility index (Phi) is 3.27. The van der Waals surface area contributed by atoms with Crippen molar-refractivity contribution in [3.05, 3.63) is 17.0 Å². The Morgan fingerprint density at radius 1 is 1.38 bits per heavy atom. The molecule has 2 rings (SSSR count). The Balaban J connectivity index is 2.21. The van der Waals surface area contributed by atoms with Crippen LogP contribution in [0.5, 0.6) is 0 Å². The highest BCUT2D eigenvalue weighted by Crippen LogP contribution is 2.19. The van der Waals surface area contributed by atoms with E-state index in [0.717, 1.165) is 32.4 Å². The molecule has 0 saturated carbocycles. The van der Waals surface area contributed by atoms with Gasteiger partial charge in [-0.25, -0.2) is 0 Å². The zero-order chi connectivity index (χ0) is 11.5. The summed E-state index contributed by atoms with van der Waals surface area (Å²) in [6, 6.07) is 0. The van der Waals surface area contributed by atoms with Crippen molar-refractivity contribution in [1.29, 1.82) is 0 Å². The molecule has 0 radical (unpaired) electrons. The summed E-state index contributed by atoms with van der Waals surface area (Å²) >= 11 is 0. The molecule has 1 aromatic heterocycles. The summed E-state index contributed by atoms with van der Waals surface area (Å²) in [5, 5.41) is 3.88. The second-order valence-electron chi connectivity index (χ2n) is 4.27. The number of amides is 1. The minimum atomic E-state index is 0.0929. The first-order chi connectivity index (χ1) is 7.74. The average molecular weight is 222 g/mol. The lowest BCUT2D eigenvalue weighted by Gasteiger charge is -2.26. The van der Waals surface area contributed by atoms with Gasteiger partial charge in [-0.2, -0.15) is 0 Å². The van der Waals surface area contributed by atoms with E-state index in [4.69, 9.17) is 4.52 Å². The Bertz CT molecular complexity index is 378. The van der Waals surface area contributed by atoms with Crippen molar-refractivity contribution in [2.45, 2.75) is 39.5 Å². The van der Waals surface area contributed by atoms with Crippen LogP contribution in [0.25, 0.3) is 0 Å². The van der Waals surface area contributed by atoms with E-state index in [9.17, 15) is 4.79 Å². The minimum Gasteiger partial charge on any atom is -0.360 e. The van der Waals surface area contributed by atoms with Crippen molar-refractivity contribution in [3.63, 3.8) is 0 Å². The predicted octanol–water partition coefficient (Wildman–Crippen LogP) is 2.17. The first-order valence-corrected chi connectivity index (χ1v) is 5.98. The molecule has 1 aromatic rings. The highest BCUT2D eigenvalue weighted by Gasteiger charge is 2.25. The van der Waals surface area contributed by atoms with Gasteiger partial charge in [-0.1, -0.05) is 12.1 Å². The van der Waals surface area contributed by atoms with Gasteiger partial charge in [-0.3, -0.25) is 4.79 Å². The highest BCUT2D eigenvalue weighted by molar-refractivity contribution is 5.96. The van der Waals surface area contributed by atoms with Gasteiger partial charge in [0.25, 0.3) is 5.91 Å². The summed E-state index contributed by atoms with van der Waals surface area (Å²) in [5.74, 6) is 0.809.